The summed E-state index contributed by atoms with van der Waals surface area (Å²) < 4.78 is 40.3. The molecule has 0 aliphatic carbocycles. The third-order valence-corrected chi connectivity index (χ3v) is 2.19. The first-order chi connectivity index (χ1) is 8.90. The van der Waals surface area contributed by atoms with Crippen LogP contribution in [0.5, 0.6) is 5.75 Å². The molecule has 114 valence electrons. The number of nitrogens with one attached hydrogen (secondary N) is 1. The van der Waals surface area contributed by atoms with Crippen LogP contribution in [0.25, 0.3) is 0 Å². The van der Waals surface area contributed by atoms with Gasteiger partial charge in [0.2, 0.25) is 5.91 Å². The van der Waals surface area contributed by atoms with Gasteiger partial charge in [-0.1, -0.05) is 12.1 Å². The zero-order valence-corrected chi connectivity index (χ0v) is 11.4. The number of hydrogen-bond donors (Lipinski definition) is 2. The number of ether oxygens (including phenoxy) is 1. The normalized spacial score (nSPS) is 10.6. The van der Waals surface area contributed by atoms with E-state index in [1.54, 1.807) is 12.1 Å². The van der Waals surface area contributed by atoms with E-state index >= 15 is 0 Å². The Hall–Kier alpha value is -1.47. The lowest BCUT2D eigenvalue weighted by Crippen LogP contribution is -2.24. The number of nitrogens with two attached hydrogens (primary N) is 1. The Bertz CT molecular complexity index is 410. The first-order valence-electron chi connectivity index (χ1n) is 5.66. The maximum atomic E-state index is 11.9. The van der Waals surface area contributed by atoms with Gasteiger partial charge in [0.15, 0.2) is 6.61 Å². The second kappa shape index (κ2) is 8.65. The third-order valence-electron chi connectivity index (χ3n) is 2.19. The Balaban J connectivity index is 0.00000361. The molecule has 1 aromatic carbocycles. The van der Waals surface area contributed by atoms with Gasteiger partial charge in [-0.15, -0.1) is 12.4 Å². The van der Waals surface area contributed by atoms with Crippen molar-refractivity contribution in [2.75, 3.05) is 13.2 Å². The molecule has 0 spiro atoms. The molecule has 1 amide bonds. The van der Waals surface area contributed by atoms with Gasteiger partial charge in [-0.2, -0.15) is 13.2 Å². The molecular weight excluding hydrogens is 297 g/mol. The van der Waals surface area contributed by atoms with Crippen molar-refractivity contribution < 1.29 is 22.7 Å². The molecule has 4 nitrogen and oxygen atoms in total. The highest BCUT2D eigenvalue weighted by Crippen LogP contribution is 2.18. The maximum absolute atomic E-state index is 11.9. The standard InChI is InChI=1S/C12H15F3N2O2.ClH/c13-12(14,15)8-19-10-3-1-9(2-4-10)7-17-11(18)5-6-16;/h1-4H,5-8,16H2,(H,17,18);1H. The van der Waals surface area contributed by atoms with Crippen LogP contribution < -0.4 is 15.8 Å². The van der Waals surface area contributed by atoms with Gasteiger partial charge in [-0.25, -0.2) is 0 Å². The Morgan fingerprint density at radius 3 is 2.35 bits per heavy atom. The predicted molar refractivity (Wildman–Crippen MR) is 70.8 cm³/mol. The van der Waals surface area contributed by atoms with E-state index in [2.05, 4.69) is 10.1 Å². The summed E-state index contributed by atoms with van der Waals surface area (Å²) in [7, 11) is 0. The zero-order chi connectivity index (χ0) is 14.3. The fourth-order valence-electron chi connectivity index (χ4n) is 1.29. The van der Waals surface area contributed by atoms with Gasteiger partial charge in [0.05, 0.1) is 0 Å². The Labute approximate surface area is 120 Å². The summed E-state index contributed by atoms with van der Waals surface area (Å²) in [4.78, 5) is 11.2. The van der Waals surface area contributed by atoms with Crippen LogP contribution in [0, 0.1) is 0 Å². The van der Waals surface area contributed by atoms with Gasteiger partial charge in [-0.3, -0.25) is 4.79 Å². The molecule has 0 radical (unpaired) electrons. The molecule has 20 heavy (non-hydrogen) atoms. The largest absolute Gasteiger partial charge is 0.484 e. The maximum Gasteiger partial charge on any atom is 0.422 e. The van der Waals surface area contributed by atoms with Crippen molar-refractivity contribution in [2.45, 2.75) is 19.1 Å². The molecule has 0 aliphatic heterocycles. The zero-order valence-electron chi connectivity index (χ0n) is 10.6. The second-order valence-corrected chi connectivity index (χ2v) is 3.86. The highest BCUT2D eigenvalue weighted by Gasteiger charge is 2.28. The van der Waals surface area contributed by atoms with Crippen LogP contribution in [0.3, 0.4) is 0 Å². The number of rotatable bonds is 6. The molecule has 0 unspecified atom stereocenters. The summed E-state index contributed by atoms with van der Waals surface area (Å²) >= 11 is 0. The minimum atomic E-state index is -4.35. The number of halogens is 4. The third kappa shape index (κ3) is 7.85. The monoisotopic (exact) mass is 312 g/mol. The molecule has 0 saturated carbocycles. The van der Waals surface area contributed by atoms with Crippen molar-refractivity contribution in [3.05, 3.63) is 29.8 Å². The molecule has 0 fully saturated rings. The second-order valence-electron chi connectivity index (χ2n) is 3.86. The molecular formula is C12H16ClF3N2O2. The van der Waals surface area contributed by atoms with Gasteiger partial charge in [0.1, 0.15) is 5.75 Å². The van der Waals surface area contributed by atoms with E-state index in [1.165, 1.54) is 12.1 Å². The first kappa shape index (κ1) is 18.5. The van der Waals surface area contributed by atoms with Crippen molar-refractivity contribution in [3.63, 3.8) is 0 Å². The predicted octanol–water partition coefficient (Wildman–Crippen LogP) is 2.01. The quantitative estimate of drug-likeness (QED) is 0.844. The average Bonchev–Trinajstić information content (AvgIpc) is 2.34. The summed E-state index contributed by atoms with van der Waals surface area (Å²) in [5.41, 5.74) is 5.99. The van der Waals surface area contributed by atoms with E-state index in [-0.39, 0.29) is 37.0 Å². The fraction of sp³-hybridized carbons (Fsp3) is 0.417. The van der Waals surface area contributed by atoms with Crippen LogP contribution >= 0.6 is 12.4 Å². The van der Waals surface area contributed by atoms with Crippen LogP contribution in [0.1, 0.15) is 12.0 Å². The highest BCUT2D eigenvalue weighted by atomic mass is 35.5. The van der Waals surface area contributed by atoms with E-state index in [0.717, 1.165) is 5.56 Å². The van der Waals surface area contributed by atoms with Crippen molar-refractivity contribution in [1.29, 1.82) is 0 Å². The molecule has 0 saturated heterocycles. The summed E-state index contributed by atoms with van der Waals surface area (Å²) in [6.45, 7) is -0.742. The van der Waals surface area contributed by atoms with E-state index in [4.69, 9.17) is 5.73 Å². The van der Waals surface area contributed by atoms with Crippen LogP contribution in [0.2, 0.25) is 0 Å². The first-order valence-corrected chi connectivity index (χ1v) is 5.66. The number of alkyl halides is 3. The van der Waals surface area contributed by atoms with Crippen LogP contribution in [0.15, 0.2) is 24.3 Å². The molecule has 0 bridgehead atoms. The SMILES string of the molecule is Cl.NCCC(=O)NCc1ccc(OCC(F)(F)F)cc1. The van der Waals surface area contributed by atoms with Gasteiger partial charge >= 0.3 is 6.18 Å². The van der Waals surface area contributed by atoms with Crippen molar-refractivity contribution in [3.8, 4) is 5.75 Å². The highest BCUT2D eigenvalue weighted by molar-refractivity contribution is 5.85. The van der Waals surface area contributed by atoms with E-state index in [0.29, 0.717) is 6.54 Å². The Morgan fingerprint density at radius 1 is 1.25 bits per heavy atom. The Kier molecular flexibility index (Phi) is 8.02. The summed E-state index contributed by atoms with van der Waals surface area (Å²) in [5.74, 6) is -0.0331. The number of amides is 1. The summed E-state index contributed by atoms with van der Waals surface area (Å²) in [5, 5.41) is 2.64. The molecule has 3 N–H and O–H groups in total. The van der Waals surface area contributed by atoms with Crippen molar-refractivity contribution in [2.24, 2.45) is 5.73 Å². The lowest BCUT2D eigenvalue weighted by Gasteiger charge is -2.10. The van der Waals surface area contributed by atoms with Crippen molar-refractivity contribution >= 4 is 18.3 Å². The van der Waals surface area contributed by atoms with Gasteiger partial charge in [0.25, 0.3) is 0 Å². The minimum absolute atomic E-state index is 0. The number of carbonyl (C=O) groups is 1. The van der Waals surface area contributed by atoms with Crippen LogP contribution in [-0.4, -0.2) is 25.2 Å². The lowest BCUT2D eigenvalue weighted by atomic mass is 10.2. The molecule has 1 rings (SSSR count). The molecule has 8 heteroatoms. The number of hydrogen-bond acceptors (Lipinski definition) is 3. The van der Waals surface area contributed by atoms with Gasteiger partial charge < -0.3 is 15.8 Å². The number of benzene rings is 1. The molecule has 0 aliphatic rings. The molecule has 0 atom stereocenters. The van der Waals surface area contributed by atoms with Crippen LogP contribution in [-0.2, 0) is 11.3 Å². The topological polar surface area (TPSA) is 64.4 Å². The van der Waals surface area contributed by atoms with E-state index in [9.17, 15) is 18.0 Å². The Morgan fingerprint density at radius 2 is 1.85 bits per heavy atom. The van der Waals surface area contributed by atoms with E-state index < -0.39 is 12.8 Å². The van der Waals surface area contributed by atoms with Crippen molar-refractivity contribution in [1.82, 2.24) is 5.32 Å². The van der Waals surface area contributed by atoms with Gasteiger partial charge in [-0.05, 0) is 17.7 Å². The minimum Gasteiger partial charge on any atom is -0.484 e. The lowest BCUT2D eigenvalue weighted by molar-refractivity contribution is -0.153. The average molecular weight is 313 g/mol. The fourth-order valence-corrected chi connectivity index (χ4v) is 1.29. The summed E-state index contributed by atoms with van der Waals surface area (Å²) in [6.07, 6.45) is -4.11. The smallest absolute Gasteiger partial charge is 0.422 e. The number of carbonyl (C=O) groups excluding carboxylic acids is 1. The van der Waals surface area contributed by atoms with Crippen LogP contribution in [0.4, 0.5) is 13.2 Å². The van der Waals surface area contributed by atoms with Gasteiger partial charge in [0, 0.05) is 19.5 Å². The molecule has 0 aromatic heterocycles. The molecule has 1 aromatic rings. The summed E-state index contributed by atoms with van der Waals surface area (Å²) in [6, 6.07) is 6.04. The molecule has 0 heterocycles. The van der Waals surface area contributed by atoms with E-state index in [1.807, 2.05) is 0 Å².